The Balaban J connectivity index is -0.00000000972. The third kappa shape index (κ3) is 166000. The average molecular weight is 371 g/mol. The van der Waals surface area contributed by atoms with Crippen molar-refractivity contribution in [3.05, 3.63) is 12.7 Å². The third-order valence-electron chi connectivity index (χ3n) is 0. The first-order valence-electron chi connectivity index (χ1n) is 11.7. The van der Waals surface area contributed by atoms with Crippen LogP contribution in [0.1, 0.15) is 152 Å². The van der Waals surface area contributed by atoms with Crippen LogP contribution in [-0.4, -0.2) is 0 Å². The van der Waals surface area contributed by atoms with Crippen molar-refractivity contribution in [1.29, 1.82) is 0 Å². The second-order valence-corrected chi connectivity index (χ2v) is 2.14. The first kappa shape index (κ1) is 73.9. The van der Waals surface area contributed by atoms with Gasteiger partial charge in [0.15, 0.2) is 0 Å². The van der Waals surface area contributed by atoms with Gasteiger partial charge in [-0.1, -0.05) is 151 Å². The van der Waals surface area contributed by atoms with Gasteiger partial charge in [-0.25, -0.2) is 0 Å². The summed E-state index contributed by atoms with van der Waals surface area (Å²) in [6.07, 6.45) is 1.75. The van der Waals surface area contributed by atoms with Crippen LogP contribution in [-0.2, 0) is 0 Å². The fraction of sp³-hybridized carbons (Fsp3) is 0.920. The molecule has 0 saturated heterocycles. The van der Waals surface area contributed by atoms with Crippen LogP contribution in [0, 0.1) is 5.92 Å². The van der Waals surface area contributed by atoms with E-state index in [1.807, 2.05) is 132 Å². The fourth-order valence-electron chi connectivity index (χ4n) is 0. The van der Waals surface area contributed by atoms with Gasteiger partial charge in [0.1, 0.15) is 0 Å². The molecular weight excluding hydrogens is 300 g/mol. The summed E-state index contributed by atoms with van der Waals surface area (Å²) in [5, 5.41) is 0. The van der Waals surface area contributed by atoms with E-state index in [2.05, 4.69) is 27.4 Å². The highest BCUT2D eigenvalue weighted by Crippen LogP contribution is 1.81. The van der Waals surface area contributed by atoms with E-state index >= 15 is 0 Å². The molecule has 0 aromatic carbocycles. The number of rotatable bonds is 0. The summed E-state index contributed by atoms with van der Waals surface area (Å²) in [5.74, 6) is 0.833. The molecule has 0 bridgehead atoms. The molecule has 0 amide bonds. The molecule has 25 heavy (non-hydrogen) atoms. The van der Waals surface area contributed by atoms with E-state index in [4.69, 9.17) is 0 Å². The molecule has 0 aromatic rings. The highest BCUT2D eigenvalue weighted by atomic mass is 13.7. The maximum absolute atomic E-state index is 3.36. The van der Waals surface area contributed by atoms with Gasteiger partial charge in [-0.2, -0.15) is 0 Å². The van der Waals surface area contributed by atoms with E-state index in [1.54, 1.807) is 6.08 Å². The van der Waals surface area contributed by atoms with Gasteiger partial charge >= 0.3 is 0 Å². The SMILES string of the molecule is C=CC.CC.CC.CC.CC.CC.CC.CC.CC.CC.CC(C)C. The molecular formula is C25H70. The normalized spacial score (nSPS) is 4.12. The Labute approximate surface area is 171 Å². The van der Waals surface area contributed by atoms with E-state index in [0.717, 1.165) is 5.92 Å². The minimum absolute atomic E-state index is 0.833. The quantitative estimate of drug-likeness (QED) is 0.372. The predicted molar refractivity (Wildman–Crippen MR) is 139 cm³/mol. The van der Waals surface area contributed by atoms with Crippen molar-refractivity contribution in [3.8, 4) is 0 Å². The molecule has 0 aliphatic rings. The van der Waals surface area contributed by atoms with E-state index in [0.29, 0.717) is 0 Å². The molecule has 0 saturated carbocycles. The summed E-state index contributed by atoms with van der Waals surface area (Å²) in [6.45, 7) is 47.7. The maximum atomic E-state index is 3.36. The first-order chi connectivity index (χ1) is 12.1. The summed E-state index contributed by atoms with van der Waals surface area (Å²) in [7, 11) is 0. The molecule has 0 radical (unpaired) electrons. The van der Waals surface area contributed by atoms with Crippen molar-refractivity contribution in [2.24, 2.45) is 5.92 Å². The molecule has 0 aromatic heterocycles. The van der Waals surface area contributed by atoms with Crippen molar-refractivity contribution in [3.63, 3.8) is 0 Å². The Morgan fingerprint density at radius 2 is 0.400 bits per heavy atom. The van der Waals surface area contributed by atoms with Gasteiger partial charge in [0.05, 0.1) is 0 Å². The zero-order chi connectivity index (χ0) is 24.3. The zero-order valence-corrected chi connectivity index (χ0v) is 23.9. The summed E-state index contributed by atoms with van der Waals surface area (Å²) in [5.41, 5.74) is 0. The van der Waals surface area contributed by atoms with Gasteiger partial charge in [0, 0.05) is 0 Å². The molecule has 0 N–H and O–H groups in total. The summed E-state index contributed by atoms with van der Waals surface area (Å²) < 4.78 is 0. The molecule has 0 fully saturated rings. The van der Waals surface area contributed by atoms with Gasteiger partial charge in [0.2, 0.25) is 0 Å². The molecule has 0 heteroatoms. The lowest BCUT2D eigenvalue weighted by Crippen LogP contribution is -1.66. The molecule has 0 aliphatic carbocycles. The van der Waals surface area contributed by atoms with Gasteiger partial charge in [-0.15, -0.1) is 6.58 Å². The van der Waals surface area contributed by atoms with Gasteiger partial charge in [-0.05, 0) is 12.8 Å². The van der Waals surface area contributed by atoms with Crippen molar-refractivity contribution in [2.45, 2.75) is 152 Å². The number of hydrogen-bond donors (Lipinski definition) is 0. The standard InChI is InChI=1S/C4H10.C3H6.9C2H6/c1-4(2)3;1-3-2;9*1-2/h4H,1-3H3;3H,1H2,2H3;9*1-2H3. The lowest BCUT2D eigenvalue weighted by molar-refractivity contribution is 0.737. The van der Waals surface area contributed by atoms with Crippen LogP contribution in [0.5, 0.6) is 0 Å². The van der Waals surface area contributed by atoms with Crippen molar-refractivity contribution in [1.82, 2.24) is 0 Å². The Hall–Kier alpha value is -0.260. The van der Waals surface area contributed by atoms with Gasteiger partial charge < -0.3 is 0 Å². The third-order valence-corrected chi connectivity index (χ3v) is 0. The Kier molecular flexibility index (Phi) is 2590. The van der Waals surface area contributed by atoms with Crippen molar-refractivity contribution in [2.75, 3.05) is 0 Å². The smallest absolute Gasteiger partial charge is 0.0473 e. The second-order valence-electron chi connectivity index (χ2n) is 2.14. The maximum Gasteiger partial charge on any atom is -0.0473 e. The van der Waals surface area contributed by atoms with Gasteiger partial charge in [-0.3, -0.25) is 0 Å². The molecule has 0 spiro atoms. The fourth-order valence-corrected chi connectivity index (χ4v) is 0. The molecule has 0 heterocycles. The number of allylic oxidation sites excluding steroid dienone is 1. The largest absolute Gasteiger partial charge is 0.103 e. The van der Waals surface area contributed by atoms with E-state index in [9.17, 15) is 0 Å². The van der Waals surface area contributed by atoms with Crippen LogP contribution >= 0.6 is 0 Å². The van der Waals surface area contributed by atoms with Crippen LogP contribution in [0.2, 0.25) is 0 Å². The molecule has 0 aliphatic heterocycles. The van der Waals surface area contributed by atoms with E-state index < -0.39 is 0 Å². The van der Waals surface area contributed by atoms with Crippen LogP contribution in [0.15, 0.2) is 12.7 Å². The average Bonchev–Trinajstić information content (AvgIpc) is 2.75. The van der Waals surface area contributed by atoms with E-state index in [1.165, 1.54) is 0 Å². The lowest BCUT2D eigenvalue weighted by atomic mass is 10.3. The molecule has 0 nitrogen and oxygen atoms in total. The lowest BCUT2D eigenvalue weighted by Gasteiger charge is -1.79. The van der Waals surface area contributed by atoms with Crippen molar-refractivity contribution < 1.29 is 0 Å². The minimum atomic E-state index is 0.833. The Morgan fingerprint density at radius 1 is 0.400 bits per heavy atom. The minimum Gasteiger partial charge on any atom is -0.103 e. The molecule has 0 unspecified atom stereocenters. The van der Waals surface area contributed by atoms with Crippen molar-refractivity contribution >= 4 is 0 Å². The zero-order valence-electron chi connectivity index (χ0n) is 23.9. The Bertz CT molecular complexity index is 24.3. The second kappa shape index (κ2) is 878. The first-order valence-corrected chi connectivity index (χ1v) is 11.7. The summed E-state index contributed by atoms with van der Waals surface area (Å²) >= 11 is 0. The molecule has 170 valence electrons. The summed E-state index contributed by atoms with van der Waals surface area (Å²) in [6, 6.07) is 0. The van der Waals surface area contributed by atoms with Crippen LogP contribution in [0.4, 0.5) is 0 Å². The predicted octanol–water partition coefficient (Wildman–Crippen LogP) is 12.1. The number of hydrogen-bond acceptors (Lipinski definition) is 0. The van der Waals surface area contributed by atoms with Crippen LogP contribution in [0.3, 0.4) is 0 Å². The van der Waals surface area contributed by atoms with Crippen LogP contribution in [0.25, 0.3) is 0 Å². The highest BCUT2D eigenvalue weighted by molar-refractivity contribution is 4.51. The highest BCUT2D eigenvalue weighted by Gasteiger charge is 1.68. The topological polar surface area (TPSA) is 0 Å². The molecule has 0 atom stereocenters. The van der Waals surface area contributed by atoms with Crippen LogP contribution < -0.4 is 0 Å². The van der Waals surface area contributed by atoms with Gasteiger partial charge in [0.25, 0.3) is 0 Å². The Morgan fingerprint density at radius 3 is 0.400 bits per heavy atom. The summed E-state index contributed by atoms with van der Waals surface area (Å²) in [4.78, 5) is 0. The monoisotopic (exact) mass is 371 g/mol. The molecule has 0 rings (SSSR count). The van der Waals surface area contributed by atoms with E-state index in [-0.39, 0.29) is 0 Å².